The van der Waals surface area contributed by atoms with Gasteiger partial charge in [-0.2, -0.15) is 0 Å². The summed E-state index contributed by atoms with van der Waals surface area (Å²) in [7, 11) is 0. The number of aromatic carboxylic acids is 1. The zero-order valence-corrected chi connectivity index (χ0v) is 9.18. The molecule has 0 bridgehead atoms. The monoisotopic (exact) mass is 226 g/mol. The summed E-state index contributed by atoms with van der Waals surface area (Å²) in [6, 6.07) is 1.42. The summed E-state index contributed by atoms with van der Waals surface area (Å²) in [5.74, 6) is -0.666. The summed E-state index contributed by atoms with van der Waals surface area (Å²) in [5, 5.41) is 8.79. The number of rotatable bonds is 1. The van der Waals surface area contributed by atoms with Crippen molar-refractivity contribution in [1.82, 2.24) is 0 Å². The molecule has 0 spiro atoms. The molecule has 80 valence electrons. The zero-order valence-electron chi connectivity index (χ0n) is 8.36. The number of carbonyl (C=O) groups is 2. The van der Waals surface area contributed by atoms with Gasteiger partial charge in [-0.1, -0.05) is 0 Å². The van der Waals surface area contributed by atoms with Crippen LogP contribution in [0.5, 0.6) is 5.75 Å². The van der Waals surface area contributed by atoms with Gasteiger partial charge in [0.25, 0.3) is 0 Å². The fourth-order valence-electron chi connectivity index (χ4n) is 1.55. The van der Waals surface area contributed by atoms with Crippen molar-refractivity contribution in [2.24, 2.45) is 0 Å². The van der Waals surface area contributed by atoms with Gasteiger partial charge in [-0.25, -0.2) is 4.79 Å². The predicted octanol–water partition coefficient (Wildman–Crippen LogP) is 2.19. The van der Waals surface area contributed by atoms with Crippen LogP contribution in [-0.2, 0) is 0 Å². The normalized spacial score (nSPS) is 18.1. The Hall–Kier alpha value is -1.36. The van der Waals surface area contributed by atoms with E-state index in [1.807, 2.05) is 13.8 Å². The molecule has 2 heterocycles. The molecule has 2 rings (SSSR count). The van der Waals surface area contributed by atoms with Crippen molar-refractivity contribution in [3.63, 3.8) is 0 Å². The maximum Gasteiger partial charge on any atom is 0.346 e. The molecule has 0 saturated heterocycles. The van der Waals surface area contributed by atoms with E-state index in [0.717, 1.165) is 11.3 Å². The molecule has 1 aliphatic heterocycles. The van der Waals surface area contributed by atoms with Gasteiger partial charge in [0.05, 0.1) is 6.42 Å². The van der Waals surface area contributed by atoms with Crippen molar-refractivity contribution >= 4 is 23.1 Å². The molecule has 0 aromatic carbocycles. The minimum Gasteiger partial charge on any atom is -0.486 e. The van der Waals surface area contributed by atoms with Gasteiger partial charge in [-0.3, -0.25) is 4.79 Å². The lowest BCUT2D eigenvalue weighted by Gasteiger charge is -2.29. The molecule has 0 radical (unpaired) electrons. The van der Waals surface area contributed by atoms with Crippen LogP contribution in [-0.4, -0.2) is 22.5 Å². The van der Waals surface area contributed by atoms with Gasteiger partial charge in [-0.05, 0) is 13.8 Å². The number of fused-ring (bicyclic) bond motifs is 1. The van der Waals surface area contributed by atoms with Crippen molar-refractivity contribution in [2.75, 3.05) is 0 Å². The van der Waals surface area contributed by atoms with Gasteiger partial charge >= 0.3 is 5.97 Å². The number of ketones is 1. The SMILES string of the molecule is CC1(C)CC(=O)c2sc(C(=O)O)cc2O1. The van der Waals surface area contributed by atoms with E-state index in [2.05, 4.69) is 0 Å². The zero-order chi connectivity index (χ0) is 11.2. The van der Waals surface area contributed by atoms with Gasteiger partial charge in [0.15, 0.2) is 5.78 Å². The largest absolute Gasteiger partial charge is 0.486 e. The highest BCUT2D eigenvalue weighted by Gasteiger charge is 2.34. The smallest absolute Gasteiger partial charge is 0.346 e. The summed E-state index contributed by atoms with van der Waals surface area (Å²) in [5.41, 5.74) is -0.541. The first kappa shape index (κ1) is 10.2. The molecule has 0 aliphatic carbocycles. The highest BCUT2D eigenvalue weighted by atomic mass is 32.1. The van der Waals surface area contributed by atoms with Crippen LogP contribution in [0.15, 0.2) is 6.07 Å². The molecule has 0 saturated carbocycles. The van der Waals surface area contributed by atoms with E-state index in [4.69, 9.17) is 9.84 Å². The third-order valence-electron chi connectivity index (χ3n) is 2.13. The number of hydrogen-bond acceptors (Lipinski definition) is 4. The maximum absolute atomic E-state index is 11.7. The first-order valence-corrected chi connectivity index (χ1v) is 5.30. The van der Waals surface area contributed by atoms with Gasteiger partial charge in [-0.15, -0.1) is 11.3 Å². The summed E-state index contributed by atoms with van der Waals surface area (Å²) >= 11 is 0.978. The summed E-state index contributed by atoms with van der Waals surface area (Å²) in [4.78, 5) is 23.0. The van der Waals surface area contributed by atoms with Crippen LogP contribution >= 0.6 is 11.3 Å². The van der Waals surface area contributed by atoms with E-state index in [1.165, 1.54) is 6.07 Å². The van der Waals surface area contributed by atoms with E-state index < -0.39 is 11.6 Å². The molecule has 15 heavy (non-hydrogen) atoms. The van der Waals surface area contributed by atoms with Crippen molar-refractivity contribution in [3.05, 3.63) is 15.8 Å². The van der Waals surface area contributed by atoms with Crippen LogP contribution in [0.1, 0.15) is 39.6 Å². The number of thiophene rings is 1. The topological polar surface area (TPSA) is 63.6 Å². The maximum atomic E-state index is 11.7. The minimum absolute atomic E-state index is 0.0428. The van der Waals surface area contributed by atoms with Crippen LogP contribution in [0, 0.1) is 0 Å². The van der Waals surface area contributed by atoms with Crippen LogP contribution < -0.4 is 4.74 Å². The minimum atomic E-state index is -1.02. The van der Waals surface area contributed by atoms with Gasteiger partial charge in [0.2, 0.25) is 0 Å². The first-order valence-electron chi connectivity index (χ1n) is 4.48. The quantitative estimate of drug-likeness (QED) is 0.797. The molecule has 0 atom stereocenters. The lowest BCUT2D eigenvalue weighted by atomic mass is 9.98. The molecule has 5 heteroatoms. The van der Waals surface area contributed by atoms with Crippen molar-refractivity contribution in [1.29, 1.82) is 0 Å². The average molecular weight is 226 g/mol. The standard InChI is InChI=1S/C10H10O4S/c1-10(2)4-5(11)8-6(14-10)3-7(15-8)9(12)13/h3H,4H2,1-2H3,(H,12,13). The Morgan fingerprint density at radius 3 is 2.87 bits per heavy atom. The lowest BCUT2D eigenvalue weighted by molar-refractivity contribution is 0.0623. The molecule has 1 aromatic rings. The third-order valence-corrected chi connectivity index (χ3v) is 3.28. The Morgan fingerprint density at radius 1 is 1.60 bits per heavy atom. The van der Waals surface area contributed by atoms with E-state index in [9.17, 15) is 9.59 Å². The predicted molar refractivity (Wildman–Crippen MR) is 54.9 cm³/mol. The van der Waals surface area contributed by atoms with Gasteiger partial charge in [0.1, 0.15) is 21.1 Å². The molecule has 1 aliphatic rings. The van der Waals surface area contributed by atoms with Crippen LogP contribution in [0.4, 0.5) is 0 Å². The number of hydrogen-bond donors (Lipinski definition) is 1. The Balaban J connectivity index is 2.47. The fourth-order valence-corrected chi connectivity index (χ4v) is 2.41. The Bertz CT molecular complexity index is 444. The number of ether oxygens (including phenoxy) is 1. The number of carbonyl (C=O) groups excluding carboxylic acids is 1. The number of carboxylic acids is 1. The number of Topliss-reactive ketones (excluding diaryl/α,β-unsaturated/α-hetero) is 1. The molecular formula is C10H10O4S. The second kappa shape index (κ2) is 3.06. The molecular weight excluding hydrogens is 216 g/mol. The Kier molecular flexibility index (Phi) is 2.08. The van der Waals surface area contributed by atoms with E-state index in [0.29, 0.717) is 17.0 Å². The Labute approximate surface area is 90.5 Å². The molecule has 1 N–H and O–H groups in total. The van der Waals surface area contributed by atoms with Gasteiger partial charge in [0, 0.05) is 6.07 Å². The van der Waals surface area contributed by atoms with E-state index >= 15 is 0 Å². The molecule has 0 unspecified atom stereocenters. The third kappa shape index (κ3) is 1.74. The first-order chi connectivity index (χ1) is 6.89. The van der Waals surface area contributed by atoms with Crippen molar-refractivity contribution in [2.45, 2.75) is 25.9 Å². The number of carboxylic acid groups (broad SMARTS) is 1. The van der Waals surface area contributed by atoms with Gasteiger partial charge < -0.3 is 9.84 Å². The molecule has 0 amide bonds. The van der Waals surface area contributed by atoms with Crippen LogP contribution in [0.25, 0.3) is 0 Å². The van der Waals surface area contributed by atoms with E-state index in [1.54, 1.807) is 0 Å². The van der Waals surface area contributed by atoms with Crippen LogP contribution in [0.3, 0.4) is 0 Å². The van der Waals surface area contributed by atoms with Crippen molar-refractivity contribution in [3.8, 4) is 5.75 Å². The highest BCUT2D eigenvalue weighted by molar-refractivity contribution is 7.16. The lowest BCUT2D eigenvalue weighted by Crippen LogP contribution is -2.35. The highest BCUT2D eigenvalue weighted by Crippen LogP contribution is 2.38. The average Bonchev–Trinajstić information content (AvgIpc) is 2.45. The summed E-state index contributed by atoms with van der Waals surface area (Å²) in [6.07, 6.45) is 0.291. The van der Waals surface area contributed by atoms with Crippen molar-refractivity contribution < 1.29 is 19.4 Å². The Morgan fingerprint density at radius 2 is 2.27 bits per heavy atom. The summed E-state index contributed by atoms with van der Waals surface area (Å²) < 4.78 is 5.55. The molecule has 0 fully saturated rings. The fraction of sp³-hybridized carbons (Fsp3) is 0.400. The second-order valence-corrected chi connectivity index (χ2v) is 5.12. The molecule has 1 aromatic heterocycles. The summed E-state index contributed by atoms with van der Waals surface area (Å²) in [6.45, 7) is 3.62. The van der Waals surface area contributed by atoms with E-state index in [-0.39, 0.29) is 10.7 Å². The van der Waals surface area contributed by atoms with Crippen LogP contribution in [0.2, 0.25) is 0 Å². The second-order valence-electron chi connectivity index (χ2n) is 4.07. The molecule has 4 nitrogen and oxygen atoms in total.